The molecular formula is C52H46Cl4F3N7O. The first kappa shape index (κ1) is 46.4. The van der Waals surface area contributed by atoms with E-state index in [2.05, 4.69) is 100 Å². The molecule has 0 bridgehead atoms. The molecule has 0 amide bonds. The fourth-order valence-corrected chi connectivity index (χ4v) is 9.94. The van der Waals surface area contributed by atoms with E-state index in [1.165, 1.54) is 93.9 Å². The molecule has 2 fully saturated rings. The van der Waals surface area contributed by atoms with E-state index < -0.39 is 6.36 Å². The Balaban J connectivity index is 0.000000126. The lowest BCUT2D eigenvalue weighted by atomic mass is 10.0. The smallest absolute Gasteiger partial charge is 0.406 e. The van der Waals surface area contributed by atoms with Gasteiger partial charge in [-0.3, -0.25) is 4.99 Å². The zero-order valence-electron chi connectivity index (χ0n) is 36.8. The molecule has 3 aliphatic rings. The van der Waals surface area contributed by atoms with E-state index in [1.54, 1.807) is 12.1 Å². The highest BCUT2D eigenvalue weighted by Gasteiger charge is 2.31. The van der Waals surface area contributed by atoms with Crippen LogP contribution in [0.15, 0.2) is 114 Å². The standard InChI is InChI=1S/C19H20ClN3.C18H18ClN3.C15H8Cl2F3NO/c1-13-11-16(20)18-17(12-13)21-19(22-18)14-5-7-15(8-6-14)23-9-3-2-4-10-23;1-12-10-15(19)17-16(11-12)20-18(21-17)13-4-6-14(7-5-13)22-8-2-3-9-22;16-10-5-9-6-13(21-14(9)12(17)7-10)8-1-3-11(4-2-8)22-15(18,19)20/h5-8,11-12H,2-4,9-10H2,1H3,(H,21,22);4-7,10-11H,2-3,8-9H2,1H3,(H,20,21);1-5,7H,6H2. The van der Waals surface area contributed by atoms with Crippen LogP contribution in [-0.4, -0.2) is 58.2 Å². The van der Waals surface area contributed by atoms with Crippen LogP contribution in [0.2, 0.25) is 20.1 Å². The highest BCUT2D eigenvalue weighted by molar-refractivity contribution is 6.37. The summed E-state index contributed by atoms with van der Waals surface area (Å²) in [6.07, 6.45) is 2.36. The second-order valence-corrected chi connectivity index (χ2v) is 18.7. The van der Waals surface area contributed by atoms with Crippen molar-refractivity contribution in [1.29, 1.82) is 0 Å². The zero-order valence-corrected chi connectivity index (χ0v) is 39.8. The third-order valence-corrected chi connectivity index (χ3v) is 13.1. The van der Waals surface area contributed by atoms with Gasteiger partial charge in [0, 0.05) is 60.1 Å². The molecule has 6 aromatic carbocycles. The predicted molar refractivity (Wildman–Crippen MR) is 270 cm³/mol. The number of aryl methyl sites for hydroxylation is 2. The van der Waals surface area contributed by atoms with E-state index in [4.69, 9.17) is 46.4 Å². The Bertz CT molecular complexity index is 3070. The van der Waals surface area contributed by atoms with Crippen LogP contribution in [0.3, 0.4) is 0 Å². The molecule has 0 aliphatic carbocycles. The van der Waals surface area contributed by atoms with Crippen LogP contribution in [0.4, 0.5) is 30.2 Å². The van der Waals surface area contributed by atoms with Crippen LogP contribution < -0.4 is 14.5 Å². The number of imidazole rings is 2. The molecule has 2 aromatic heterocycles. The maximum Gasteiger partial charge on any atom is 0.573 e. The second kappa shape index (κ2) is 19.9. The van der Waals surface area contributed by atoms with Crippen molar-refractivity contribution in [3.8, 4) is 28.5 Å². The van der Waals surface area contributed by atoms with Crippen molar-refractivity contribution in [1.82, 2.24) is 19.9 Å². The fraction of sp³-hybridized carbons (Fsp3) is 0.250. The average molecular weight is 984 g/mol. The highest BCUT2D eigenvalue weighted by Crippen LogP contribution is 2.38. The van der Waals surface area contributed by atoms with Gasteiger partial charge >= 0.3 is 6.36 Å². The van der Waals surface area contributed by atoms with E-state index >= 15 is 0 Å². The summed E-state index contributed by atoms with van der Waals surface area (Å²) in [6, 6.07) is 34.3. The predicted octanol–water partition coefficient (Wildman–Crippen LogP) is 15.5. The molecule has 67 heavy (non-hydrogen) atoms. The second-order valence-electron chi connectivity index (χ2n) is 17.0. The number of aromatic nitrogens is 4. The number of anilines is 2. The van der Waals surface area contributed by atoms with Crippen molar-refractivity contribution < 1.29 is 17.9 Å². The summed E-state index contributed by atoms with van der Waals surface area (Å²) in [5, 5.41) is 2.38. The number of alkyl halides is 3. The maximum atomic E-state index is 12.1. The van der Waals surface area contributed by atoms with Gasteiger partial charge in [0.1, 0.15) is 28.4 Å². The van der Waals surface area contributed by atoms with E-state index in [1.807, 2.05) is 26.0 Å². The van der Waals surface area contributed by atoms with E-state index in [0.717, 1.165) is 67.2 Å². The molecule has 0 spiro atoms. The average Bonchev–Trinajstić information content (AvgIpc) is 4.14. The number of halogens is 7. The number of benzene rings is 6. The van der Waals surface area contributed by atoms with Gasteiger partial charge in [-0.2, -0.15) is 0 Å². The van der Waals surface area contributed by atoms with Gasteiger partial charge in [0.15, 0.2) is 0 Å². The summed E-state index contributed by atoms with van der Waals surface area (Å²) in [7, 11) is 0. The van der Waals surface area contributed by atoms with Crippen LogP contribution in [0.25, 0.3) is 44.8 Å². The first-order chi connectivity index (χ1) is 32.2. The van der Waals surface area contributed by atoms with E-state index in [-0.39, 0.29) is 5.75 Å². The summed E-state index contributed by atoms with van der Waals surface area (Å²) in [5.41, 5.74) is 13.7. The Kier molecular flexibility index (Phi) is 13.8. The first-order valence-electron chi connectivity index (χ1n) is 22.2. The molecule has 0 unspecified atom stereocenters. The van der Waals surface area contributed by atoms with Crippen molar-refractivity contribution >= 4 is 91.2 Å². The molecule has 8 aromatic rings. The molecule has 2 saturated heterocycles. The van der Waals surface area contributed by atoms with Crippen LogP contribution >= 0.6 is 46.4 Å². The fourth-order valence-electron chi connectivity index (χ4n) is 8.73. The highest BCUT2D eigenvalue weighted by atomic mass is 35.5. The van der Waals surface area contributed by atoms with Gasteiger partial charge in [-0.1, -0.05) is 46.4 Å². The molecule has 344 valence electrons. The van der Waals surface area contributed by atoms with Crippen LogP contribution in [0, 0.1) is 13.8 Å². The van der Waals surface area contributed by atoms with E-state index in [9.17, 15) is 13.2 Å². The molecular weight excluding hydrogens is 937 g/mol. The van der Waals surface area contributed by atoms with Crippen molar-refractivity contribution in [2.75, 3.05) is 36.0 Å². The molecule has 3 aliphatic heterocycles. The summed E-state index contributed by atoms with van der Waals surface area (Å²) in [4.78, 5) is 25.4. The van der Waals surface area contributed by atoms with Gasteiger partial charge in [-0.15, -0.1) is 13.2 Å². The summed E-state index contributed by atoms with van der Waals surface area (Å²) in [5.74, 6) is 1.47. The number of fused-ring (bicyclic) bond motifs is 3. The van der Waals surface area contributed by atoms with Crippen LogP contribution in [0.1, 0.15) is 54.4 Å². The van der Waals surface area contributed by atoms with Gasteiger partial charge in [0.2, 0.25) is 0 Å². The Morgan fingerprint density at radius 1 is 0.552 bits per heavy atom. The number of hydrogen-bond donors (Lipinski definition) is 2. The number of hydrogen-bond acceptors (Lipinski definition) is 6. The molecule has 2 N–H and O–H groups in total. The SMILES string of the molecule is Cc1cc(Cl)c2nc(-c3ccc(N4CCCC4)cc3)[nH]c2c1.Cc1cc(Cl)c2nc(-c3ccc(N4CCCCC4)cc3)[nH]c2c1.FC(F)(F)Oc1ccc(C2=Nc3c(Cl)cc(Cl)cc3C2)cc1. The number of H-pyrrole nitrogens is 2. The summed E-state index contributed by atoms with van der Waals surface area (Å²) >= 11 is 24.6. The third kappa shape index (κ3) is 11.0. The lowest BCUT2D eigenvalue weighted by Crippen LogP contribution is -2.29. The Morgan fingerprint density at radius 2 is 1.01 bits per heavy atom. The van der Waals surface area contributed by atoms with E-state index in [0.29, 0.717) is 37.8 Å². The topological polar surface area (TPSA) is 85.4 Å². The number of nitrogens with zero attached hydrogens (tertiary/aromatic N) is 5. The van der Waals surface area contributed by atoms with Gasteiger partial charge < -0.3 is 24.5 Å². The van der Waals surface area contributed by atoms with Crippen molar-refractivity contribution in [3.63, 3.8) is 0 Å². The number of piperidine rings is 1. The van der Waals surface area contributed by atoms with Crippen molar-refractivity contribution in [2.24, 2.45) is 4.99 Å². The normalized spacial score (nSPS) is 14.7. The van der Waals surface area contributed by atoms with Crippen molar-refractivity contribution in [2.45, 2.75) is 58.7 Å². The Hall–Kier alpha value is -5.72. The number of aromatic amines is 2. The number of ether oxygens (including phenoxy) is 1. The molecule has 15 heteroatoms. The number of rotatable bonds is 6. The largest absolute Gasteiger partial charge is 0.573 e. The molecule has 0 atom stereocenters. The Morgan fingerprint density at radius 3 is 1.49 bits per heavy atom. The lowest BCUT2D eigenvalue weighted by Gasteiger charge is -2.28. The number of aliphatic imine (C=N–C) groups is 1. The van der Waals surface area contributed by atoms with Gasteiger partial charge in [-0.05, 0) is 177 Å². The minimum absolute atomic E-state index is 0.270. The molecule has 5 heterocycles. The number of nitrogens with one attached hydrogen (secondary N) is 2. The monoisotopic (exact) mass is 981 g/mol. The molecule has 11 rings (SSSR count). The maximum absolute atomic E-state index is 12.1. The van der Waals surface area contributed by atoms with Gasteiger partial charge in [0.25, 0.3) is 0 Å². The minimum Gasteiger partial charge on any atom is -0.406 e. The van der Waals surface area contributed by atoms with Crippen LogP contribution in [-0.2, 0) is 6.42 Å². The quantitative estimate of drug-likeness (QED) is 0.173. The minimum atomic E-state index is -4.70. The molecule has 0 radical (unpaired) electrons. The van der Waals surface area contributed by atoms with Gasteiger partial charge in [0.05, 0.1) is 37.5 Å². The Labute approximate surface area is 406 Å². The third-order valence-electron chi connectivity index (χ3n) is 12.0. The lowest BCUT2D eigenvalue weighted by molar-refractivity contribution is -0.274. The zero-order chi connectivity index (χ0) is 46.8. The van der Waals surface area contributed by atoms with Gasteiger partial charge in [-0.25, -0.2) is 9.97 Å². The molecule has 8 nitrogen and oxygen atoms in total. The summed E-state index contributed by atoms with van der Waals surface area (Å²) < 4.78 is 40.2. The van der Waals surface area contributed by atoms with Crippen LogP contribution in [0.5, 0.6) is 5.75 Å². The molecule has 0 saturated carbocycles. The van der Waals surface area contributed by atoms with Crippen molar-refractivity contribution in [3.05, 3.63) is 152 Å². The summed E-state index contributed by atoms with van der Waals surface area (Å²) in [6.45, 7) is 8.74. The first-order valence-corrected chi connectivity index (χ1v) is 23.7.